The molecule has 4 nitrogen and oxygen atoms in total. The molecule has 1 rings (SSSR count). The van der Waals surface area contributed by atoms with Crippen LogP contribution >= 0.6 is 0 Å². The van der Waals surface area contributed by atoms with Crippen LogP contribution in [0.1, 0.15) is 12.5 Å². The maximum atomic E-state index is 11.3. The Labute approximate surface area is 88.7 Å². The first kappa shape index (κ1) is 11.5. The fourth-order valence-electron chi connectivity index (χ4n) is 1.34. The quantitative estimate of drug-likeness (QED) is 0.723. The van der Waals surface area contributed by atoms with E-state index in [2.05, 4.69) is 4.74 Å². The second-order valence-corrected chi connectivity index (χ2v) is 3.75. The molecule has 0 radical (unpaired) electrons. The van der Waals surface area contributed by atoms with Crippen molar-refractivity contribution in [3.8, 4) is 5.75 Å². The van der Waals surface area contributed by atoms with Crippen LogP contribution in [0.15, 0.2) is 24.3 Å². The molecule has 0 aliphatic heterocycles. The molecule has 82 valence electrons. The van der Waals surface area contributed by atoms with Crippen molar-refractivity contribution >= 4 is 5.97 Å². The van der Waals surface area contributed by atoms with E-state index in [0.717, 1.165) is 5.56 Å². The third-order valence-electron chi connectivity index (χ3n) is 2.16. The highest BCUT2D eigenvalue weighted by molar-refractivity contribution is 5.80. The number of benzene rings is 1. The molecule has 0 heterocycles. The molecule has 0 aliphatic rings. The van der Waals surface area contributed by atoms with Crippen molar-refractivity contribution in [2.24, 2.45) is 5.73 Å². The molecule has 0 saturated carbocycles. The molecule has 0 amide bonds. The summed E-state index contributed by atoms with van der Waals surface area (Å²) in [6.07, 6.45) is 0.375. The molecule has 1 aromatic carbocycles. The van der Waals surface area contributed by atoms with Crippen LogP contribution in [0.5, 0.6) is 5.75 Å². The first-order chi connectivity index (χ1) is 6.95. The van der Waals surface area contributed by atoms with Gasteiger partial charge in [0.1, 0.15) is 11.3 Å². The zero-order valence-corrected chi connectivity index (χ0v) is 8.86. The van der Waals surface area contributed by atoms with E-state index in [1.165, 1.54) is 7.11 Å². The molecule has 3 N–H and O–H groups in total. The molecular weight excluding hydrogens is 194 g/mol. The van der Waals surface area contributed by atoms with E-state index in [4.69, 9.17) is 10.8 Å². The largest absolute Gasteiger partial charge is 0.508 e. The van der Waals surface area contributed by atoms with Crippen molar-refractivity contribution in [3.05, 3.63) is 29.8 Å². The van der Waals surface area contributed by atoms with E-state index in [0.29, 0.717) is 6.42 Å². The zero-order chi connectivity index (χ0) is 11.5. The Bertz CT molecular complexity index is 343. The topological polar surface area (TPSA) is 72.5 Å². The molecule has 0 aliphatic carbocycles. The van der Waals surface area contributed by atoms with Gasteiger partial charge in [-0.15, -0.1) is 0 Å². The Hall–Kier alpha value is -1.55. The summed E-state index contributed by atoms with van der Waals surface area (Å²) in [6, 6.07) is 6.57. The first-order valence-corrected chi connectivity index (χ1v) is 4.61. The summed E-state index contributed by atoms with van der Waals surface area (Å²) in [5, 5.41) is 9.09. The van der Waals surface area contributed by atoms with Gasteiger partial charge in [0.2, 0.25) is 0 Å². The van der Waals surface area contributed by atoms with Gasteiger partial charge in [0.25, 0.3) is 0 Å². The number of rotatable bonds is 3. The predicted molar refractivity (Wildman–Crippen MR) is 56.4 cm³/mol. The summed E-state index contributed by atoms with van der Waals surface area (Å²) in [7, 11) is 1.31. The Balaban J connectivity index is 2.77. The fourth-order valence-corrected chi connectivity index (χ4v) is 1.34. The minimum atomic E-state index is -1.04. The van der Waals surface area contributed by atoms with Crippen molar-refractivity contribution in [1.29, 1.82) is 0 Å². The molecular formula is C11H15NO3. The van der Waals surface area contributed by atoms with E-state index in [9.17, 15) is 4.79 Å². The summed E-state index contributed by atoms with van der Waals surface area (Å²) in [5.74, 6) is -0.258. The number of carbonyl (C=O) groups excluding carboxylic acids is 1. The predicted octanol–water partition coefficient (Wildman–Crippen LogP) is 0.825. The molecule has 4 heteroatoms. The van der Waals surface area contributed by atoms with E-state index < -0.39 is 11.5 Å². The second-order valence-electron chi connectivity index (χ2n) is 3.75. The molecule has 0 saturated heterocycles. The van der Waals surface area contributed by atoms with Gasteiger partial charge in [-0.2, -0.15) is 0 Å². The summed E-state index contributed by atoms with van der Waals surface area (Å²) < 4.78 is 4.60. The van der Waals surface area contributed by atoms with Gasteiger partial charge in [0.05, 0.1) is 7.11 Å². The normalized spacial score (nSPS) is 14.3. The van der Waals surface area contributed by atoms with Gasteiger partial charge in [0.15, 0.2) is 0 Å². The van der Waals surface area contributed by atoms with Crippen molar-refractivity contribution < 1.29 is 14.6 Å². The Morgan fingerprint density at radius 1 is 1.47 bits per heavy atom. The summed E-state index contributed by atoms with van der Waals surface area (Å²) >= 11 is 0. The lowest BCUT2D eigenvalue weighted by Gasteiger charge is -2.21. The highest BCUT2D eigenvalue weighted by Gasteiger charge is 2.29. The van der Waals surface area contributed by atoms with Gasteiger partial charge >= 0.3 is 5.97 Å². The number of hydrogen-bond acceptors (Lipinski definition) is 4. The Morgan fingerprint density at radius 3 is 2.47 bits per heavy atom. The number of phenolic OH excluding ortho intramolecular Hbond substituents is 1. The van der Waals surface area contributed by atoms with Gasteiger partial charge in [-0.3, -0.25) is 4.79 Å². The lowest BCUT2D eigenvalue weighted by atomic mass is 9.94. The minimum Gasteiger partial charge on any atom is -0.508 e. The number of nitrogens with two attached hydrogens (primary N) is 1. The smallest absolute Gasteiger partial charge is 0.325 e. The summed E-state index contributed by atoms with van der Waals surface area (Å²) in [6.45, 7) is 1.62. The van der Waals surface area contributed by atoms with Gasteiger partial charge < -0.3 is 15.6 Å². The lowest BCUT2D eigenvalue weighted by Crippen LogP contribution is -2.47. The van der Waals surface area contributed by atoms with E-state index in [-0.39, 0.29) is 5.75 Å². The molecule has 0 bridgehead atoms. The van der Waals surface area contributed by atoms with Gasteiger partial charge in [-0.25, -0.2) is 0 Å². The first-order valence-electron chi connectivity index (χ1n) is 4.61. The molecule has 0 fully saturated rings. The number of hydrogen-bond donors (Lipinski definition) is 2. The van der Waals surface area contributed by atoms with Crippen LogP contribution in [0.25, 0.3) is 0 Å². The molecule has 0 unspecified atom stereocenters. The Morgan fingerprint density at radius 2 is 2.00 bits per heavy atom. The molecule has 1 atom stereocenters. The highest BCUT2D eigenvalue weighted by Crippen LogP contribution is 2.15. The van der Waals surface area contributed by atoms with Crippen LogP contribution in [-0.4, -0.2) is 23.7 Å². The van der Waals surface area contributed by atoms with Crippen LogP contribution in [0.3, 0.4) is 0 Å². The van der Waals surface area contributed by atoms with Crippen molar-refractivity contribution in [2.75, 3.05) is 7.11 Å². The zero-order valence-electron chi connectivity index (χ0n) is 8.86. The fraction of sp³-hybridized carbons (Fsp3) is 0.364. The average Bonchev–Trinajstić information content (AvgIpc) is 2.20. The third kappa shape index (κ3) is 2.95. The van der Waals surface area contributed by atoms with Gasteiger partial charge in [0, 0.05) is 6.42 Å². The maximum absolute atomic E-state index is 11.3. The highest BCUT2D eigenvalue weighted by atomic mass is 16.5. The van der Waals surface area contributed by atoms with Crippen LogP contribution < -0.4 is 5.73 Å². The summed E-state index contributed by atoms with van der Waals surface area (Å²) in [4.78, 5) is 11.3. The van der Waals surface area contributed by atoms with E-state index >= 15 is 0 Å². The van der Waals surface area contributed by atoms with Crippen LogP contribution in [-0.2, 0) is 16.0 Å². The number of methoxy groups -OCH3 is 1. The summed E-state index contributed by atoms with van der Waals surface area (Å²) in [5.41, 5.74) is 5.65. The van der Waals surface area contributed by atoms with Crippen molar-refractivity contribution in [3.63, 3.8) is 0 Å². The molecule has 1 aromatic rings. The average molecular weight is 209 g/mol. The van der Waals surface area contributed by atoms with Crippen LogP contribution in [0.2, 0.25) is 0 Å². The second kappa shape index (κ2) is 4.31. The van der Waals surface area contributed by atoms with Crippen molar-refractivity contribution in [1.82, 2.24) is 0 Å². The number of carbonyl (C=O) groups is 1. The third-order valence-corrected chi connectivity index (χ3v) is 2.16. The number of ether oxygens (including phenoxy) is 1. The lowest BCUT2D eigenvalue weighted by molar-refractivity contribution is -0.146. The molecule has 0 spiro atoms. The van der Waals surface area contributed by atoms with Gasteiger partial charge in [-0.05, 0) is 24.6 Å². The number of phenols is 1. The standard InChI is InChI=1S/C11H15NO3/c1-11(12,10(14)15-2)7-8-3-5-9(13)6-4-8/h3-6,13H,7,12H2,1-2H3/t11-/m0/s1. The molecule has 0 aromatic heterocycles. The SMILES string of the molecule is COC(=O)[C@@](C)(N)Cc1ccc(O)cc1. The maximum Gasteiger partial charge on any atom is 0.325 e. The number of esters is 1. The van der Waals surface area contributed by atoms with Crippen LogP contribution in [0.4, 0.5) is 0 Å². The Kier molecular flexibility index (Phi) is 3.31. The monoisotopic (exact) mass is 209 g/mol. The van der Waals surface area contributed by atoms with Crippen molar-refractivity contribution in [2.45, 2.75) is 18.9 Å². The van der Waals surface area contributed by atoms with Crippen LogP contribution in [0, 0.1) is 0 Å². The van der Waals surface area contributed by atoms with E-state index in [1.807, 2.05) is 0 Å². The van der Waals surface area contributed by atoms with E-state index in [1.54, 1.807) is 31.2 Å². The molecule has 15 heavy (non-hydrogen) atoms. The minimum absolute atomic E-state index is 0.190. The number of aromatic hydroxyl groups is 1. The van der Waals surface area contributed by atoms with Gasteiger partial charge in [-0.1, -0.05) is 12.1 Å².